The van der Waals surface area contributed by atoms with Crippen LogP contribution in [0.1, 0.15) is 29.9 Å². The zero-order valence-corrected chi connectivity index (χ0v) is 18.7. The fourth-order valence-corrected chi connectivity index (χ4v) is 4.28. The van der Waals surface area contributed by atoms with Gasteiger partial charge in [-0.05, 0) is 68.5 Å². The SMILES string of the molecule is Cc1ccc(C)c(NC2=C(c3cccs3)C(=O)N(c3ccccc3OC(C)C)C2=O)c1. The highest BCUT2D eigenvalue weighted by atomic mass is 32.1. The van der Waals surface area contributed by atoms with Gasteiger partial charge in [0.1, 0.15) is 11.4 Å². The quantitative estimate of drug-likeness (QED) is 0.519. The van der Waals surface area contributed by atoms with Gasteiger partial charge in [-0.1, -0.05) is 30.3 Å². The van der Waals surface area contributed by atoms with Crippen LogP contribution < -0.4 is 15.0 Å². The molecular formula is C25H24N2O3S. The van der Waals surface area contributed by atoms with Gasteiger partial charge >= 0.3 is 0 Å². The van der Waals surface area contributed by atoms with Gasteiger partial charge in [-0.2, -0.15) is 0 Å². The minimum absolute atomic E-state index is 0.0915. The Morgan fingerprint density at radius 2 is 1.74 bits per heavy atom. The third-order valence-electron chi connectivity index (χ3n) is 4.97. The minimum atomic E-state index is -0.394. The van der Waals surface area contributed by atoms with Gasteiger partial charge < -0.3 is 10.1 Å². The standard InChI is InChI=1S/C25H24N2O3S/c1-15(2)30-20-9-6-5-8-19(20)27-24(28)22(21-10-7-13-31-21)23(25(27)29)26-18-14-16(3)11-12-17(18)4/h5-15,26H,1-4H3. The van der Waals surface area contributed by atoms with Crippen molar-refractivity contribution in [1.29, 1.82) is 0 Å². The first-order valence-electron chi connectivity index (χ1n) is 10.1. The number of carbonyl (C=O) groups is 2. The predicted octanol–water partition coefficient (Wildman–Crippen LogP) is 5.55. The molecule has 0 spiro atoms. The Bertz CT molecular complexity index is 1180. The second-order valence-corrected chi connectivity index (χ2v) is 8.70. The lowest BCUT2D eigenvalue weighted by Gasteiger charge is -2.20. The van der Waals surface area contributed by atoms with Gasteiger partial charge in [0.15, 0.2) is 0 Å². The van der Waals surface area contributed by atoms with E-state index < -0.39 is 5.91 Å². The number of amides is 2. The van der Waals surface area contributed by atoms with Crippen molar-refractivity contribution in [2.24, 2.45) is 0 Å². The average Bonchev–Trinajstić information content (AvgIpc) is 3.32. The average molecular weight is 433 g/mol. The maximum Gasteiger partial charge on any atom is 0.282 e. The Kier molecular flexibility index (Phi) is 5.65. The molecule has 0 saturated heterocycles. The summed E-state index contributed by atoms with van der Waals surface area (Å²) in [7, 11) is 0. The maximum atomic E-state index is 13.6. The summed E-state index contributed by atoms with van der Waals surface area (Å²) in [4.78, 5) is 29.1. The second kappa shape index (κ2) is 8.40. The number of hydrogen-bond donors (Lipinski definition) is 1. The zero-order chi connectivity index (χ0) is 22.1. The highest BCUT2D eigenvalue weighted by molar-refractivity contribution is 7.11. The molecule has 158 valence electrons. The molecule has 0 saturated carbocycles. The number of thiophene rings is 1. The van der Waals surface area contributed by atoms with E-state index in [9.17, 15) is 9.59 Å². The minimum Gasteiger partial charge on any atom is -0.489 e. The van der Waals surface area contributed by atoms with Gasteiger partial charge in [-0.15, -0.1) is 11.3 Å². The Morgan fingerprint density at radius 1 is 0.968 bits per heavy atom. The molecule has 2 amide bonds. The molecule has 0 radical (unpaired) electrons. The number of ether oxygens (including phenoxy) is 1. The van der Waals surface area contributed by atoms with Gasteiger partial charge in [0, 0.05) is 10.6 Å². The number of hydrogen-bond acceptors (Lipinski definition) is 5. The monoisotopic (exact) mass is 432 g/mol. The van der Waals surface area contributed by atoms with E-state index in [4.69, 9.17) is 4.74 Å². The molecule has 2 heterocycles. The highest BCUT2D eigenvalue weighted by Crippen LogP contribution is 2.39. The third-order valence-corrected chi connectivity index (χ3v) is 5.86. The number of imide groups is 1. The first-order valence-corrected chi connectivity index (χ1v) is 11.0. The Labute approximate surface area is 186 Å². The largest absolute Gasteiger partial charge is 0.489 e. The number of rotatable bonds is 6. The van der Waals surface area contributed by atoms with E-state index in [-0.39, 0.29) is 17.7 Å². The van der Waals surface area contributed by atoms with Crippen molar-refractivity contribution in [3.05, 3.63) is 81.7 Å². The molecule has 3 aromatic rings. The summed E-state index contributed by atoms with van der Waals surface area (Å²) >= 11 is 1.43. The number of anilines is 2. The number of nitrogens with zero attached hydrogens (tertiary/aromatic N) is 1. The fourth-order valence-electron chi connectivity index (χ4n) is 3.51. The third kappa shape index (κ3) is 3.99. The summed E-state index contributed by atoms with van der Waals surface area (Å²) in [5, 5.41) is 5.16. The van der Waals surface area contributed by atoms with Crippen LogP contribution in [0.2, 0.25) is 0 Å². The van der Waals surface area contributed by atoms with E-state index in [1.54, 1.807) is 18.2 Å². The summed E-state index contributed by atoms with van der Waals surface area (Å²) in [5.41, 5.74) is 3.96. The molecule has 0 aliphatic carbocycles. The van der Waals surface area contributed by atoms with E-state index in [0.717, 1.165) is 21.7 Å². The molecule has 1 N–H and O–H groups in total. The van der Waals surface area contributed by atoms with Crippen molar-refractivity contribution in [1.82, 2.24) is 0 Å². The van der Waals surface area contributed by atoms with E-state index in [2.05, 4.69) is 5.32 Å². The number of benzene rings is 2. The van der Waals surface area contributed by atoms with Crippen molar-refractivity contribution in [3.63, 3.8) is 0 Å². The lowest BCUT2D eigenvalue weighted by molar-refractivity contribution is -0.120. The van der Waals surface area contributed by atoms with Crippen LogP contribution >= 0.6 is 11.3 Å². The fraction of sp³-hybridized carbons (Fsp3) is 0.200. The number of nitrogens with one attached hydrogen (secondary N) is 1. The van der Waals surface area contributed by atoms with Crippen molar-refractivity contribution in [2.45, 2.75) is 33.8 Å². The van der Waals surface area contributed by atoms with Crippen LogP contribution in [0.15, 0.2) is 65.7 Å². The van der Waals surface area contributed by atoms with Crippen molar-refractivity contribution in [2.75, 3.05) is 10.2 Å². The molecule has 0 atom stereocenters. The van der Waals surface area contributed by atoms with Crippen molar-refractivity contribution >= 4 is 40.1 Å². The molecule has 0 fully saturated rings. The zero-order valence-electron chi connectivity index (χ0n) is 17.9. The summed E-state index contributed by atoms with van der Waals surface area (Å²) in [5.74, 6) is -0.258. The van der Waals surface area contributed by atoms with Crippen LogP contribution in [0, 0.1) is 13.8 Å². The van der Waals surface area contributed by atoms with E-state index >= 15 is 0 Å². The molecule has 2 aromatic carbocycles. The van der Waals surface area contributed by atoms with Gasteiger partial charge in [0.25, 0.3) is 11.8 Å². The van der Waals surface area contributed by atoms with Crippen LogP contribution in [0.4, 0.5) is 11.4 Å². The first-order chi connectivity index (χ1) is 14.9. The number of para-hydroxylation sites is 2. The van der Waals surface area contributed by atoms with E-state index in [0.29, 0.717) is 17.0 Å². The molecule has 0 bridgehead atoms. The van der Waals surface area contributed by atoms with Crippen molar-refractivity contribution in [3.8, 4) is 5.75 Å². The maximum absolute atomic E-state index is 13.6. The molecule has 6 heteroatoms. The number of aryl methyl sites for hydroxylation is 2. The lowest BCUT2D eigenvalue weighted by atomic mass is 10.1. The van der Waals surface area contributed by atoms with Crippen LogP contribution in [-0.2, 0) is 9.59 Å². The molecule has 0 unspecified atom stereocenters. The molecule has 5 nitrogen and oxygen atoms in total. The number of carbonyl (C=O) groups excluding carboxylic acids is 2. The summed E-state index contributed by atoms with van der Waals surface area (Å²) in [6, 6.07) is 16.9. The lowest BCUT2D eigenvalue weighted by Crippen LogP contribution is -2.33. The Hall–Kier alpha value is -3.38. The van der Waals surface area contributed by atoms with Crippen LogP contribution in [0.3, 0.4) is 0 Å². The first kappa shape index (κ1) is 20.9. The van der Waals surface area contributed by atoms with Crippen LogP contribution in [0.5, 0.6) is 5.75 Å². The summed E-state index contributed by atoms with van der Waals surface area (Å²) < 4.78 is 5.89. The van der Waals surface area contributed by atoms with E-state index in [1.807, 2.05) is 69.5 Å². The smallest absolute Gasteiger partial charge is 0.282 e. The normalized spacial score (nSPS) is 14.0. The molecule has 31 heavy (non-hydrogen) atoms. The molecule has 1 aromatic heterocycles. The molecule has 1 aliphatic heterocycles. The topological polar surface area (TPSA) is 58.6 Å². The van der Waals surface area contributed by atoms with Gasteiger partial charge in [0.2, 0.25) is 0 Å². The van der Waals surface area contributed by atoms with Gasteiger partial charge in [-0.3, -0.25) is 9.59 Å². The van der Waals surface area contributed by atoms with Crippen LogP contribution in [0.25, 0.3) is 5.57 Å². The highest BCUT2D eigenvalue weighted by Gasteiger charge is 2.42. The Morgan fingerprint density at radius 3 is 2.45 bits per heavy atom. The van der Waals surface area contributed by atoms with Gasteiger partial charge in [0.05, 0.1) is 17.4 Å². The molecule has 1 aliphatic rings. The van der Waals surface area contributed by atoms with E-state index in [1.165, 1.54) is 16.2 Å². The van der Waals surface area contributed by atoms with Gasteiger partial charge in [-0.25, -0.2) is 4.90 Å². The Balaban J connectivity index is 1.82. The van der Waals surface area contributed by atoms with Crippen LogP contribution in [-0.4, -0.2) is 17.9 Å². The predicted molar refractivity (Wildman–Crippen MR) is 125 cm³/mol. The molecule has 4 rings (SSSR count). The van der Waals surface area contributed by atoms with Crippen molar-refractivity contribution < 1.29 is 14.3 Å². The summed E-state index contributed by atoms with van der Waals surface area (Å²) in [6.45, 7) is 7.78. The second-order valence-electron chi connectivity index (χ2n) is 7.75. The summed E-state index contributed by atoms with van der Waals surface area (Å²) in [6.07, 6.45) is -0.0915. The molecular weight excluding hydrogens is 408 g/mol.